The number of halogens is 17. The lowest BCUT2D eigenvalue weighted by Gasteiger charge is -2.43. The minimum absolute atomic E-state index is 0.867. The first-order chi connectivity index (χ1) is 13.2. The minimum Gasteiger partial charge on any atom is -0.392 e. The van der Waals surface area contributed by atoms with Gasteiger partial charge in [0.25, 0.3) is 0 Å². The molecular formula is C12H10F17NO. The number of likely N-dealkylation sites (N-methyl/N-ethyl adjacent to an activating group) is 1. The summed E-state index contributed by atoms with van der Waals surface area (Å²) in [5.41, 5.74) is 0. The maximum atomic E-state index is 13.4. The molecule has 0 radical (unpaired) electrons. The normalized spacial score (nSPS) is 17.1. The molecule has 0 rings (SSSR count). The van der Waals surface area contributed by atoms with Crippen molar-refractivity contribution in [2.24, 2.45) is 0 Å². The van der Waals surface area contributed by atoms with Gasteiger partial charge in [0.05, 0.1) is 6.10 Å². The van der Waals surface area contributed by atoms with Crippen molar-refractivity contribution in [1.29, 1.82) is 0 Å². The van der Waals surface area contributed by atoms with Crippen LogP contribution in [-0.4, -0.2) is 72.4 Å². The maximum absolute atomic E-state index is 13.4. The summed E-state index contributed by atoms with van der Waals surface area (Å²) in [6.45, 7) is -1.10. The zero-order valence-electron chi connectivity index (χ0n) is 14.4. The van der Waals surface area contributed by atoms with E-state index in [0.717, 1.165) is 7.05 Å². The first kappa shape index (κ1) is 29.7. The largest absolute Gasteiger partial charge is 0.460 e. The Morgan fingerprint density at radius 2 is 0.839 bits per heavy atom. The van der Waals surface area contributed by atoms with E-state index in [1.165, 1.54) is 0 Å². The van der Waals surface area contributed by atoms with Gasteiger partial charge in [0, 0.05) is 13.0 Å². The Kier molecular flexibility index (Phi) is 7.62. The van der Waals surface area contributed by atoms with Crippen molar-refractivity contribution >= 4 is 0 Å². The summed E-state index contributed by atoms with van der Waals surface area (Å²) in [5.74, 6) is -56.6. The average Bonchev–Trinajstić information content (AvgIpc) is 2.52. The zero-order chi connectivity index (χ0) is 25.7. The lowest BCUT2D eigenvalue weighted by atomic mass is 9.87. The predicted molar refractivity (Wildman–Crippen MR) is 65.2 cm³/mol. The van der Waals surface area contributed by atoms with Crippen molar-refractivity contribution in [1.82, 2.24) is 5.32 Å². The highest BCUT2D eigenvalue weighted by atomic mass is 19.4. The number of rotatable bonds is 10. The molecule has 0 aromatic heterocycles. The average molecular weight is 507 g/mol. The number of hydrogen-bond donors (Lipinski definition) is 2. The van der Waals surface area contributed by atoms with Gasteiger partial charge in [0.1, 0.15) is 0 Å². The van der Waals surface area contributed by atoms with Crippen LogP contribution in [0.2, 0.25) is 0 Å². The number of aliphatic hydroxyl groups is 1. The summed E-state index contributed by atoms with van der Waals surface area (Å²) >= 11 is 0. The molecular weight excluding hydrogens is 497 g/mol. The van der Waals surface area contributed by atoms with Gasteiger partial charge in [0.2, 0.25) is 0 Å². The van der Waals surface area contributed by atoms with Crippen molar-refractivity contribution in [3.63, 3.8) is 0 Å². The molecule has 19 heteroatoms. The van der Waals surface area contributed by atoms with Gasteiger partial charge in [-0.2, -0.15) is 74.6 Å². The monoisotopic (exact) mass is 507 g/mol. The highest BCUT2D eigenvalue weighted by Crippen LogP contribution is 2.64. The molecule has 0 aliphatic carbocycles. The molecule has 1 atom stereocenters. The molecule has 2 N–H and O–H groups in total. The third-order valence-corrected chi connectivity index (χ3v) is 3.72. The van der Waals surface area contributed by atoms with E-state index in [1.54, 1.807) is 0 Å². The molecule has 0 aliphatic rings. The number of nitrogens with one attached hydrogen (secondary N) is 1. The molecule has 0 heterocycles. The lowest BCUT2D eigenvalue weighted by molar-refractivity contribution is -0.462. The molecule has 0 bridgehead atoms. The van der Waals surface area contributed by atoms with Crippen LogP contribution in [0, 0.1) is 0 Å². The standard InChI is InChI=1S/C12H10F17NO/c1-30-3-4(31)2-5(13,14)6(15,16)7(17,18)8(19,20)9(21,22)10(23,24)11(25,26)12(27,28)29/h4,30-31H,2-3H2,1H3. The molecule has 0 aromatic carbocycles. The summed E-state index contributed by atoms with van der Waals surface area (Å²) < 4.78 is 220. The lowest BCUT2D eigenvalue weighted by Crippen LogP contribution is -2.74. The van der Waals surface area contributed by atoms with Gasteiger partial charge in [-0.1, -0.05) is 0 Å². The quantitative estimate of drug-likeness (QED) is 0.410. The van der Waals surface area contributed by atoms with Gasteiger partial charge < -0.3 is 10.4 Å². The fourth-order valence-electron chi connectivity index (χ4n) is 1.93. The van der Waals surface area contributed by atoms with Crippen LogP contribution in [0.4, 0.5) is 74.6 Å². The van der Waals surface area contributed by atoms with E-state index in [-0.39, 0.29) is 0 Å². The smallest absolute Gasteiger partial charge is 0.392 e. The van der Waals surface area contributed by atoms with Crippen LogP contribution < -0.4 is 5.32 Å². The minimum atomic E-state index is -8.65. The van der Waals surface area contributed by atoms with Crippen LogP contribution in [0.15, 0.2) is 0 Å². The van der Waals surface area contributed by atoms with Gasteiger partial charge in [-0.25, -0.2) is 0 Å². The Morgan fingerprint density at radius 3 is 1.13 bits per heavy atom. The van der Waals surface area contributed by atoms with Gasteiger partial charge in [-0.15, -0.1) is 0 Å². The van der Waals surface area contributed by atoms with E-state index in [4.69, 9.17) is 5.11 Å². The molecule has 0 amide bonds. The fourth-order valence-corrected chi connectivity index (χ4v) is 1.93. The molecule has 0 fully saturated rings. The zero-order valence-corrected chi connectivity index (χ0v) is 14.4. The van der Waals surface area contributed by atoms with Crippen LogP contribution in [0.5, 0.6) is 0 Å². The van der Waals surface area contributed by atoms with E-state index in [1.807, 2.05) is 5.32 Å². The van der Waals surface area contributed by atoms with Crippen LogP contribution >= 0.6 is 0 Å². The van der Waals surface area contributed by atoms with E-state index < -0.39 is 66.7 Å². The SMILES string of the molecule is CNCC(O)CC(F)(F)C(F)(F)C(F)(F)C(F)(F)C(F)(F)C(F)(F)C(F)(F)C(F)(F)F. The van der Waals surface area contributed by atoms with Crippen molar-refractivity contribution < 1.29 is 79.7 Å². The van der Waals surface area contributed by atoms with Crippen molar-refractivity contribution in [3.05, 3.63) is 0 Å². The molecule has 1 unspecified atom stereocenters. The van der Waals surface area contributed by atoms with Crippen LogP contribution in [-0.2, 0) is 0 Å². The summed E-state index contributed by atoms with van der Waals surface area (Å²) in [4.78, 5) is 0. The second-order valence-corrected chi connectivity index (χ2v) is 6.06. The van der Waals surface area contributed by atoms with Crippen LogP contribution in [0.1, 0.15) is 6.42 Å². The number of aliphatic hydroxyl groups excluding tert-OH is 1. The first-order valence-corrected chi connectivity index (χ1v) is 7.24. The molecule has 0 aliphatic heterocycles. The molecule has 188 valence electrons. The summed E-state index contributed by atoms with van der Waals surface area (Å²) in [5, 5.41) is 10.7. The summed E-state index contributed by atoms with van der Waals surface area (Å²) in [6.07, 6.45) is -13.4. The van der Waals surface area contributed by atoms with Crippen molar-refractivity contribution in [2.45, 2.75) is 60.2 Å². The Balaban J connectivity index is 6.56. The van der Waals surface area contributed by atoms with Crippen molar-refractivity contribution in [3.8, 4) is 0 Å². The second kappa shape index (κ2) is 7.95. The van der Waals surface area contributed by atoms with E-state index in [0.29, 0.717) is 0 Å². The Hall–Kier alpha value is -1.27. The van der Waals surface area contributed by atoms with Gasteiger partial charge >= 0.3 is 47.6 Å². The third kappa shape index (κ3) is 4.22. The molecule has 31 heavy (non-hydrogen) atoms. The fraction of sp³-hybridized carbons (Fsp3) is 1.00. The topological polar surface area (TPSA) is 32.3 Å². The molecule has 0 spiro atoms. The highest BCUT2D eigenvalue weighted by Gasteiger charge is 2.95. The molecule has 0 saturated heterocycles. The van der Waals surface area contributed by atoms with Crippen molar-refractivity contribution in [2.75, 3.05) is 13.6 Å². The van der Waals surface area contributed by atoms with E-state index in [9.17, 15) is 74.6 Å². The Morgan fingerprint density at radius 1 is 0.548 bits per heavy atom. The highest BCUT2D eigenvalue weighted by molar-refractivity contribution is 5.15. The number of hydrogen-bond acceptors (Lipinski definition) is 2. The van der Waals surface area contributed by atoms with Gasteiger partial charge in [-0.3, -0.25) is 0 Å². The Labute approximate surface area is 160 Å². The van der Waals surface area contributed by atoms with Gasteiger partial charge in [0.15, 0.2) is 0 Å². The summed E-state index contributed by atoms with van der Waals surface area (Å²) in [6, 6.07) is 0. The third-order valence-electron chi connectivity index (χ3n) is 3.72. The molecule has 2 nitrogen and oxygen atoms in total. The van der Waals surface area contributed by atoms with Crippen LogP contribution in [0.25, 0.3) is 0 Å². The maximum Gasteiger partial charge on any atom is 0.460 e. The summed E-state index contributed by atoms with van der Waals surface area (Å²) in [7, 11) is 0.867. The van der Waals surface area contributed by atoms with E-state index >= 15 is 0 Å². The molecule has 0 saturated carbocycles. The van der Waals surface area contributed by atoms with Crippen LogP contribution in [0.3, 0.4) is 0 Å². The van der Waals surface area contributed by atoms with E-state index in [2.05, 4.69) is 0 Å². The second-order valence-electron chi connectivity index (χ2n) is 6.06. The Bertz CT molecular complexity index is 625. The number of alkyl halides is 17. The molecule has 0 aromatic rings. The van der Waals surface area contributed by atoms with Gasteiger partial charge in [-0.05, 0) is 7.05 Å². The first-order valence-electron chi connectivity index (χ1n) is 7.24. The predicted octanol–water partition coefficient (Wildman–Crippen LogP) is 4.97.